The van der Waals surface area contributed by atoms with E-state index in [9.17, 15) is 0 Å². The lowest BCUT2D eigenvalue weighted by molar-refractivity contribution is 1.14. The fraction of sp³-hybridized carbons (Fsp3) is 0.286. The van der Waals surface area contributed by atoms with Gasteiger partial charge in [-0.25, -0.2) is 9.98 Å². The average Bonchev–Trinajstić information content (AvgIpc) is 2.17. The summed E-state index contributed by atoms with van der Waals surface area (Å²) in [6, 6.07) is 0. The molecule has 11 heavy (non-hydrogen) atoms. The fourth-order valence-electron chi connectivity index (χ4n) is 1.00. The van der Waals surface area contributed by atoms with E-state index < -0.39 is 0 Å². The topological polar surface area (TPSA) is 53.4 Å². The third-order valence-electron chi connectivity index (χ3n) is 1.45. The molecule has 0 aromatic carbocycles. The number of aliphatic imine (C=N–C) groups is 2. The Hall–Kier alpha value is -1.45. The lowest BCUT2D eigenvalue weighted by Crippen LogP contribution is -1.81. The predicted octanol–water partition coefficient (Wildman–Crippen LogP) is 0.853. The molecule has 1 aliphatic rings. The molecule has 2 rings (SSSR count). The standard InChI is InChI=1S/C7H8N4/c1-5-10-6-4-8-2-3-9-7(6)11-5/h3-4H,2H2,1H3,(H,10,11). The van der Waals surface area contributed by atoms with Crippen molar-refractivity contribution in [1.29, 1.82) is 0 Å². The summed E-state index contributed by atoms with van der Waals surface area (Å²) in [4.78, 5) is 15.4. The molecule has 0 amide bonds. The van der Waals surface area contributed by atoms with E-state index in [-0.39, 0.29) is 0 Å². The quantitative estimate of drug-likeness (QED) is 0.582. The zero-order valence-electron chi connectivity index (χ0n) is 6.20. The third kappa shape index (κ3) is 1.07. The highest BCUT2D eigenvalue weighted by Gasteiger charge is 2.04. The second-order valence-electron chi connectivity index (χ2n) is 2.37. The Balaban J connectivity index is 2.56. The molecule has 4 nitrogen and oxygen atoms in total. The van der Waals surface area contributed by atoms with Crippen LogP contribution in [-0.2, 0) is 0 Å². The maximum atomic E-state index is 4.17. The van der Waals surface area contributed by atoms with Gasteiger partial charge in [0, 0.05) is 12.4 Å². The van der Waals surface area contributed by atoms with Crippen LogP contribution in [0, 0.1) is 6.92 Å². The minimum atomic E-state index is 0.642. The summed E-state index contributed by atoms with van der Waals surface area (Å²) >= 11 is 0. The summed E-state index contributed by atoms with van der Waals surface area (Å²) in [5.41, 5.74) is 0.899. The van der Waals surface area contributed by atoms with Gasteiger partial charge in [0.15, 0.2) is 5.82 Å². The van der Waals surface area contributed by atoms with Crippen molar-refractivity contribution in [1.82, 2.24) is 9.97 Å². The number of nitrogens with zero attached hydrogens (tertiary/aromatic N) is 3. The zero-order chi connectivity index (χ0) is 7.68. The Bertz CT molecular complexity index is 292. The second-order valence-corrected chi connectivity index (χ2v) is 2.37. The van der Waals surface area contributed by atoms with Crippen molar-refractivity contribution in [3.05, 3.63) is 11.5 Å². The molecular formula is C7H8N4. The molecule has 1 aromatic heterocycles. The normalized spacial score (nSPS) is 14.6. The summed E-state index contributed by atoms with van der Waals surface area (Å²) in [5, 5.41) is 0. The molecule has 0 bridgehead atoms. The zero-order valence-corrected chi connectivity index (χ0v) is 6.20. The van der Waals surface area contributed by atoms with Crippen LogP contribution >= 0.6 is 0 Å². The second kappa shape index (κ2) is 2.30. The lowest BCUT2D eigenvalue weighted by Gasteiger charge is -1.82. The highest BCUT2D eigenvalue weighted by atomic mass is 15.0. The van der Waals surface area contributed by atoms with Crippen molar-refractivity contribution in [3.63, 3.8) is 0 Å². The largest absolute Gasteiger partial charge is 0.340 e. The number of fused-ring (bicyclic) bond motifs is 1. The first-order valence-electron chi connectivity index (χ1n) is 3.45. The van der Waals surface area contributed by atoms with Gasteiger partial charge in [0.1, 0.15) is 11.5 Å². The maximum absolute atomic E-state index is 4.17. The van der Waals surface area contributed by atoms with Gasteiger partial charge in [-0.2, -0.15) is 0 Å². The van der Waals surface area contributed by atoms with E-state index in [2.05, 4.69) is 20.0 Å². The molecule has 56 valence electrons. The van der Waals surface area contributed by atoms with Crippen LogP contribution in [0.2, 0.25) is 0 Å². The molecule has 0 saturated carbocycles. The van der Waals surface area contributed by atoms with Crippen LogP contribution in [0.1, 0.15) is 11.5 Å². The molecule has 0 unspecified atom stereocenters. The first kappa shape index (κ1) is 6.27. The van der Waals surface area contributed by atoms with Crippen LogP contribution in [0.5, 0.6) is 0 Å². The van der Waals surface area contributed by atoms with Crippen molar-refractivity contribution in [3.8, 4) is 0 Å². The number of aromatic amines is 1. The Morgan fingerprint density at radius 1 is 1.55 bits per heavy atom. The Morgan fingerprint density at radius 3 is 3.36 bits per heavy atom. The van der Waals surface area contributed by atoms with Gasteiger partial charge in [-0.05, 0) is 6.92 Å². The average molecular weight is 148 g/mol. The van der Waals surface area contributed by atoms with E-state index >= 15 is 0 Å². The number of rotatable bonds is 0. The van der Waals surface area contributed by atoms with E-state index in [1.165, 1.54) is 0 Å². The summed E-state index contributed by atoms with van der Waals surface area (Å²) in [7, 11) is 0. The van der Waals surface area contributed by atoms with Gasteiger partial charge in [-0.3, -0.25) is 4.99 Å². The summed E-state index contributed by atoms with van der Waals surface area (Å²) in [5.74, 6) is 1.62. The van der Waals surface area contributed by atoms with Crippen LogP contribution in [0.3, 0.4) is 0 Å². The number of imidazole rings is 1. The SMILES string of the molecule is Cc1nc2c([nH]1)C=NCC=N2. The van der Waals surface area contributed by atoms with Crippen LogP contribution in [0.15, 0.2) is 9.98 Å². The van der Waals surface area contributed by atoms with Gasteiger partial charge < -0.3 is 4.98 Å². The fourth-order valence-corrected chi connectivity index (χ4v) is 1.00. The molecule has 1 N–H and O–H groups in total. The number of hydrogen-bond acceptors (Lipinski definition) is 3. The van der Waals surface area contributed by atoms with Crippen molar-refractivity contribution in [2.75, 3.05) is 6.54 Å². The number of aryl methyl sites for hydroxylation is 1. The monoisotopic (exact) mass is 148 g/mol. The van der Waals surface area contributed by atoms with Gasteiger partial charge in [-0.15, -0.1) is 0 Å². The van der Waals surface area contributed by atoms with Crippen molar-refractivity contribution < 1.29 is 0 Å². The van der Waals surface area contributed by atoms with E-state index in [4.69, 9.17) is 0 Å². The van der Waals surface area contributed by atoms with Crippen molar-refractivity contribution in [2.24, 2.45) is 9.98 Å². The lowest BCUT2D eigenvalue weighted by atomic mass is 10.5. The van der Waals surface area contributed by atoms with Gasteiger partial charge in [0.2, 0.25) is 0 Å². The summed E-state index contributed by atoms with van der Waals surface area (Å²) < 4.78 is 0. The molecule has 0 aliphatic carbocycles. The number of nitrogens with one attached hydrogen (secondary N) is 1. The molecular weight excluding hydrogens is 140 g/mol. The Morgan fingerprint density at radius 2 is 2.45 bits per heavy atom. The molecule has 0 fully saturated rings. The molecule has 1 aromatic rings. The van der Waals surface area contributed by atoms with E-state index in [0.29, 0.717) is 6.54 Å². The molecule has 0 spiro atoms. The molecule has 0 radical (unpaired) electrons. The van der Waals surface area contributed by atoms with E-state index in [0.717, 1.165) is 17.3 Å². The number of hydrogen-bond donors (Lipinski definition) is 1. The Kier molecular flexibility index (Phi) is 1.31. The maximum Gasteiger partial charge on any atom is 0.178 e. The molecule has 1 aliphatic heterocycles. The minimum absolute atomic E-state index is 0.642. The summed E-state index contributed by atoms with van der Waals surface area (Å²) in [6.45, 7) is 2.54. The Labute approximate surface area is 64.1 Å². The van der Waals surface area contributed by atoms with E-state index in [1.54, 1.807) is 12.4 Å². The van der Waals surface area contributed by atoms with Gasteiger partial charge >= 0.3 is 0 Å². The minimum Gasteiger partial charge on any atom is -0.340 e. The van der Waals surface area contributed by atoms with Crippen LogP contribution in [0.4, 0.5) is 5.82 Å². The first-order valence-corrected chi connectivity index (χ1v) is 3.45. The van der Waals surface area contributed by atoms with Crippen molar-refractivity contribution >= 4 is 18.2 Å². The van der Waals surface area contributed by atoms with Gasteiger partial charge in [0.25, 0.3) is 0 Å². The molecule has 0 atom stereocenters. The van der Waals surface area contributed by atoms with Gasteiger partial charge in [-0.1, -0.05) is 0 Å². The number of aromatic nitrogens is 2. The van der Waals surface area contributed by atoms with Crippen LogP contribution in [-0.4, -0.2) is 28.9 Å². The van der Waals surface area contributed by atoms with Crippen LogP contribution < -0.4 is 0 Å². The van der Waals surface area contributed by atoms with E-state index in [1.807, 2.05) is 6.92 Å². The first-order chi connectivity index (χ1) is 5.36. The molecule has 0 saturated heterocycles. The van der Waals surface area contributed by atoms with Gasteiger partial charge in [0.05, 0.1) is 6.54 Å². The highest BCUT2D eigenvalue weighted by Crippen LogP contribution is 2.14. The molecule has 2 heterocycles. The number of H-pyrrole nitrogens is 1. The molecule has 4 heteroatoms. The third-order valence-corrected chi connectivity index (χ3v) is 1.45. The predicted molar refractivity (Wildman–Crippen MR) is 43.9 cm³/mol. The van der Waals surface area contributed by atoms with Crippen molar-refractivity contribution in [2.45, 2.75) is 6.92 Å². The highest BCUT2D eigenvalue weighted by molar-refractivity contribution is 5.87. The van der Waals surface area contributed by atoms with Crippen LogP contribution in [0.25, 0.3) is 0 Å². The summed E-state index contributed by atoms with van der Waals surface area (Å²) in [6.07, 6.45) is 3.52. The smallest absolute Gasteiger partial charge is 0.178 e.